The van der Waals surface area contributed by atoms with E-state index in [0.29, 0.717) is 12.5 Å². The molecule has 0 aliphatic carbocycles. The fourth-order valence-corrected chi connectivity index (χ4v) is 3.08. The van der Waals surface area contributed by atoms with E-state index in [1.807, 2.05) is 35.2 Å². The van der Waals surface area contributed by atoms with Crippen molar-refractivity contribution in [3.05, 3.63) is 71.8 Å². The number of carbonyl (C=O) groups is 1. The molecular weight excluding hydrogens is 286 g/mol. The molecule has 1 aliphatic heterocycles. The second-order valence-corrected chi connectivity index (χ2v) is 6.16. The van der Waals surface area contributed by atoms with Gasteiger partial charge in [-0.3, -0.25) is 0 Å². The van der Waals surface area contributed by atoms with Crippen LogP contribution < -0.4 is 0 Å². The number of ether oxygens (including phenoxy) is 1. The summed E-state index contributed by atoms with van der Waals surface area (Å²) in [5.41, 5.74) is 2.41. The van der Waals surface area contributed by atoms with Crippen LogP contribution >= 0.6 is 0 Å². The van der Waals surface area contributed by atoms with E-state index in [9.17, 15) is 4.79 Å². The lowest BCUT2D eigenvalue weighted by Crippen LogP contribution is -2.39. The number of hydrogen-bond acceptors (Lipinski definition) is 2. The zero-order valence-electron chi connectivity index (χ0n) is 13.4. The Labute approximate surface area is 137 Å². The summed E-state index contributed by atoms with van der Waals surface area (Å²) < 4.78 is 5.41. The second kappa shape index (κ2) is 7.82. The molecule has 1 aliphatic rings. The molecule has 0 bridgehead atoms. The fourth-order valence-electron chi connectivity index (χ4n) is 3.08. The smallest absolute Gasteiger partial charge is 0.410 e. The number of benzene rings is 2. The highest BCUT2D eigenvalue weighted by molar-refractivity contribution is 5.67. The number of carbonyl (C=O) groups excluding carboxylic acids is 1. The monoisotopic (exact) mass is 309 g/mol. The summed E-state index contributed by atoms with van der Waals surface area (Å²) in [7, 11) is 0. The summed E-state index contributed by atoms with van der Waals surface area (Å²) in [6, 6.07) is 20.4. The Morgan fingerprint density at radius 3 is 2.09 bits per heavy atom. The molecule has 1 fully saturated rings. The van der Waals surface area contributed by atoms with Gasteiger partial charge in [-0.15, -0.1) is 0 Å². The lowest BCUT2D eigenvalue weighted by molar-refractivity contribution is 0.0823. The predicted octanol–water partition coefficient (Wildman–Crippen LogP) is 4.28. The quantitative estimate of drug-likeness (QED) is 0.843. The van der Waals surface area contributed by atoms with Gasteiger partial charge in [0.05, 0.1) is 0 Å². The third-order valence-corrected chi connectivity index (χ3v) is 4.45. The van der Waals surface area contributed by atoms with Crippen molar-refractivity contribution in [3.8, 4) is 0 Å². The van der Waals surface area contributed by atoms with Crippen LogP contribution in [-0.2, 0) is 17.8 Å². The molecule has 0 atom stereocenters. The summed E-state index contributed by atoms with van der Waals surface area (Å²) in [5, 5.41) is 0. The van der Waals surface area contributed by atoms with Crippen LogP contribution in [0.4, 0.5) is 4.79 Å². The molecule has 0 spiro atoms. The minimum Gasteiger partial charge on any atom is -0.445 e. The maximum Gasteiger partial charge on any atom is 0.410 e. The molecule has 1 heterocycles. The number of piperidine rings is 1. The third kappa shape index (κ3) is 4.59. The topological polar surface area (TPSA) is 29.5 Å². The van der Waals surface area contributed by atoms with E-state index in [4.69, 9.17) is 4.74 Å². The summed E-state index contributed by atoms with van der Waals surface area (Å²) in [4.78, 5) is 14.0. The van der Waals surface area contributed by atoms with Crippen molar-refractivity contribution in [2.45, 2.75) is 25.9 Å². The number of hydrogen-bond donors (Lipinski definition) is 0. The van der Waals surface area contributed by atoms with Crippen LogP contribution in [0.1, 0.15) is 24.0 Å². The highest BCUT2D eigenvalue weighted by atomic mass is 16.6. The van der Waals surface area contributed by atoms with Gasteiger partial charge in [0.15, 0.2) is 0 Å². The van der Waals surface area contributed by atoms with E-state index in [0.717, 1.165) is 37.9 Å². The Kier molecular flexibility index (Phi) is 5.30. The number of nitrogens with zero attached hydrogens (tertiary/aromatic N) is 1. The van der Waals surface area contributed by atoms with Crippen molar-refractivity contribution in [2.75, 3.05) is 13.1 Å². The van der Waals surface area contributed by atoms with Crippen LogP contribution in [0.3, 0.4) is 0 Å². The van der Waals surface area contributed by atoms with Crippen LogP contribution in [0, 0.1) is 5.92 Å². The Hall–Kier alpha value is -2.29. The third-order valence-electron chi connectivity index (χ3n) is 4.45. The predicted molar refractivity (Wildman–Crippen MR) is 91.1 cm³/mol. The molecule has 120 valence electrons. The molecule has 0 aromatic heterocycles. The van der Waals surface area contributed by atoms with Crippen molar-refractivity contribution in [1.82, 2.24) is 4.90 Å². The van der Waals surface area contributed by atoms with Crippen molar-refractivity contribution in [3.63, 3.8) is 0 Å². The lowest BCUT2D eigenvalue weighted by atomic mass is 9.90. The molecule has 1 saturated heterocycles. The molecule has 23 heavy (non-hydrogen) atoms. The summed E-state index contributed by atoms with van der Waals surface area (Å²) in [5.74, 6) is 0.663. The van der Waals surface area contributed by atoms with E-state index < -0.39 is 0 Å². The molecule has 0 unspecified atom stereocenters. The summed E-state index contributed by atoms with van der Waals surface area (Å²) in [6.07, 6.45) is 3.02. The van der Waals surface area contributed by atoms with E-state index in [1.165, 1.54) is 5.56 Å². The van der Waals surface area contributed by atoms with E-state index in [1.54, 1.807) is 0 Å². The first-order valence-electron chi connectivity index (χ1n) is 8.31. The number of rotatable bonds is 4. The zero-order valence-corrected chi connectivity index (χ0v) is 13.4. The highest BCUT2D eigenvalue weighted by Gasteiger charge is 2.23. The molecule has 0 N–H and O–H groups in total. The van der Waals surface area contributed by atoms with Gasteiger partial charge >= 0.3 is 6.09 Å². The first-order chi connectivity index (χ1) is 11.3. The van der Waals surface area contributed by atoms with Crippen LogP contribution in [0.5, 0.6) is 0 Å². The standard InChI is InChI=1S/C20H23NO2/c22-20(23-16-19-9-5-2-6-10-19)21-13-11-18(12-14-21)15-17-7-3-1-4-8-17/h1-10,18H,11-16H2. The van der Waals surface area contributed by atoms with Crippen LogP contribution in [0.2, 0.25) is 0 Å². The van der Waals surface area contributed by atoms with Crippen molar-refractivity contribution < 1.29 is 9.53 Å². The van der Waals surface area contributed by atoms with Crippen molar-refractivity contribution >= 4 is 6.09 Å². The average Bonchev–Trinajstić information content (AvgIpc) is 2.62. The molecule has 1 amide bonds. The van der Waals surface area contributed by atoms with Crippen LogP contribution in [0.15, 0.2) is 60.7 Å². The van der Waals surface area contributed by atoms with Gasteiger partial charge in [0.2, 0.25) is 0 Å². The largest absolute Gasteiger partial charge is 0.445 e. The molecule has 3 nitrogen and oxygen atoms in total. The average molecular weight is 309 g/mol. The maximum absolute atomic E-state index is 12.1. The second-order valence-electron chi connectivity index (χ2n) is 6.16. The van der Waals surface area contributed by atoms with E-state index in [2.05, 4.69) is 30.3 Å². The Balaban J connectivity index is 1.42. The first kappa shape index (κ1) is 15.6. The molecule has 3 rings (SSSR count). The van der Waals surface area contributed by atoms with Gasteiger partial charge in [-0.05, 0) is 36.3 Å². The number of likely N-dealkylation sites (tertiary alicyclic amines) is 1. The van der Waals surface area contributed by atoms with Crippen LogP contribution in [-0.4, -0.2) is 24.1 Å². The van der Waals surface area contributed by atoms with Crippen molar-refractivity contribution in [2.24, 2.45) is 5.92 Å². The van der Waals surface area contributed by atoms with Gasteiger partial charge in [0.1, 0.15) is 6.61 Å². The molecule has 0 radical (unpaired) electrons. The summed E-state index contributed by atoms with van der Waals surface area (Å²) >= 11 is 0. The highest BCUT2D eigenvalue weighted by Crippen LogP contribution is 2.22. The van der Waals surface area contributed by atoms with Gasteiger partial charge in [0.25, 0.3) is 0 Å². The molecule has 2 aromatic rings. The zero-order chi connectivity index (χ0) is 15.9. The summed E-state index contributed by atoms with van der Waals surface area (Å²) in [6.45, 7) is 1.94. The normalized spacial score (nSPS) is 15.4. The Morgan fingerprint density at radius 1 is 0.913 bits per heavy atom. The van der Waals surface area contributed by atoms with Gasteiger partial charge < -0.3 is 9.64 Å². The minimum absolute atomic E-state index is 0.188. The number of amides is 1. The lowest BCUT2D eigenvalue weighted by Gasteiger charge is -2.31. The SMILES string of the molecule is O=C(OCc1ccccc1)N1CCC(Cc2ccccc2)CC1. The van der Waals surface area contributed by atoms with Crippen molar-refractivity contribution in [1.29, 1.82) is 0 Å². The maximum atomic E-state index is 12.1. The van der Waals surface area contributed by atoms with Gasteiger partial charge in [-0.2, -0.15) is 0 Å². The van der Waals surface area contributed by atoms with E-state index >= 15 is 0 Å². The van der Waals surface area contributed by atoms with Gasteiger partial charge in [-0.1, -0.05) is 60.7 Å². The fraction of sp³-hybridized carbons (Fsp3) is 0.350. The molecular formula is C20H23NO2. The minimum atomic E-state index is -0.188. The van der Waals surface area contributed by atoms with Gasteiger partial charge in [-0.25, -0.2) is 4.79 Å². The Morgan fingerprint density at radius 2 is 1.48 bits per heavy atom. The molecule has 2 aromatic carbocycles. The van der Waals surface area contributed by atoms with Crippen LogP contribution in [0.25, 0.3) is 0 Å². The Bertz CT molecular complexity index is 604. The molecule has 3 heteroatoms. The van der Waals surface area contributed by atoms with E-state index in [-0.39, 0.29) is 6.09 Å². The molecule has 0 saturated carbocycles. The first-order valence-corrected chi connectivity index (χ1v) is 8.31. The van der Waals surface area contributed by atoms with Gasteiger partial charge in [0, 0.05) is 13.1 Å².